The number of nitrogens with zero attached hydrogens (tertiary/aromatic N) is 2. The van der Waals surface area contributed by atoms with E-state index in [0.29, 0.717) is 4.68 Å². The van der Waals surface area contributed by atoms with Crippen molar-refractivity contribution in [3.63, 3.8) is 0 Å². The SMILES string of the molecule is CCS(=O)(=O)CCNC(=O)c1cnn(-c2cccc(Cl)c2)c1C(F)(F)F. The number of amides is 1. The van der Waals surface area contributed by atoms with Crippen molar-refractivity contribution in [1.82, 2.24) is 15.1 Å². The summed E-state index contributed by atoms with van der Waals surface area (Å²) < 4.78 is 63.8. The van der Waals surface area contributed by atoms with Gasteiger partial charge in [0.25, 0.3) is 5.91 Å². The molecule has 1 heterocycles. The molecule has 0 unspecified atom stereocenters. The van der Waals surface area contributed by atoms with Crippen molar-refractivity contribution in [2.75, 3.05) is 18.1 Å². The molecule has 142 valence electrons. The number of rotatable bonds is 6. The molecule has 1 aromatic carbocycles. The molecule has 0 atom stereocenters. The monoisotopic (exact) mass is 409 g/mol. The molecule has 0 aliphatic rings. The first-order chi connectivity index (χ1) is 12.0. The predicted molar refractivity (Wildman–Crippen MR) is 90.2 cm³/mol. The Morgan fingerprint density at radius 2 is 2.04 bits per heavy atom. The van der Waals surface area contributed by atoms with Gasteiger partial charge in [0, 0.05) is 17.3 Å². The maximum absolute atomic E-state index is 13.5. The zero-order valence-corrected chi connectivity index (χ0v) is 15.1. The summed E-state index contributed by atoms with van der Waals surface area (Å²) in [6.45, 7) is 1.14. The number of carbonyl (C=O) groups is 1. The fourth-order valence-electron chi connectivity index (χ4n) is 2.15. The maximum Gasteiger partial charge on any atom is 0.434 e. The summed E-state index contributed by atoms with van der Waals surface area (Å²) in [7, 11) is -3.35. The van der Waals surface area contributed by atoms with Crippen LogP contribution in [-0.4, -0.2) is 42.2 Å². The van der Waals surface area contributed by atoms with Crippen molar-refractivity contribution in [1.29, 1.82) is 0 Å². The van der Waals surface area contributed by atoms with Gasteiger partial charge in [-0.3, -0.25) is 4.79 Å². The van der Waals surface area contributed by atoms with Crippen molar-refractivity contribution in [3.05, 3.63) is 46.7 Å². The molecule has 1 amide bonds. The Balaban J connectivity index is 2.33. The number of halogens is 4. The lowest BCUT2D eigenvalue weighted by Gasteiger charge is -2.13. The molecule has 0 radical (unpaired) electrons. The fourth-order valence-corrected chi connectivity index (χ4v) is 3.04. The molecule has 1 aromatic heterocycles. The van der Waals surface area contributed by atoms with Crippen LogP contribution >= 0.6 is 11.6 Å². The van der Waals surface area contributed by atoms with Crippen LogP contribution in [0.25, 0.3) is 5.69 Å². The minimum atomic E-state index is -4.86. The van der Waals surface area contributed by atoms with Crippen LogP contribution in [-0.2, 0) is 16.0 Å². The summed E-state index contributed by atoms with van der Waals surface area (Å²) in [4.78, 5) is 12.1. The van der Waals surface area contributed by atoms with Crippen LogP contribution in [0, 0.1) is 0 Å². The first-order valence-electron chi connectivity index (χ1n) is 7.45. The maximum atomic E-state index is 13.5. The number of alkyl halides is 3. The lowest BCUT2D eigenvalue weighted by Crippen LogP contribution is -2.31. The molecular formula is C15H15ClF3N3O3S. The fraction of sp³-hybridized carbons (Fsp3) is 0.333. The summed E-state index contributed by atoms with van der Waals surface area (Å²) in [5.41, 5.74) is -1.93. The van der Waals surface area contributed by atoms with Gasteiger partial charge in [0.1, 0.15) is 0 Å². The molecule has 0 aliphatic heterocycles. The Morgan fingerprint density at radius 1 is 1.35 bits per heavy atom. The minimum absolute atomic E-state index is 0.0393. The normalized spacial score (nSPS) is 12.2. The van der Waals surface area contributed by atoms with Crippen LogP contribution in [0.2, 0.25) is 5.02 Å². The largest absolute Gasteiger partial charge is 0.434 e. The van der Waals surface area contributed by atoms with E-state index in [1.54, 1.807) is 0 Å². The number of carbonyl (C=O) groups excluding carboxylic acids is 1. The van der Waals surface area contributed by atoms with Crippen LogP contribution in [0.3, 0.4) is 0 Å². The Kier molecular flexibility index (Phi) is 5.97. The van der Waals surface area contributed by atoms with E-state index in [4.69, 9.17) is 11.6 Å². The highest BCUT2D eigenvalue weighted by Crippen LogP contribution is 2.34. The molecule has 1 N–H and O–H groups in total. The molecule has 2 rings (SSSR count). The zero-order valence-electron chi connectivity index (χ0n) is 13.5. The van der Waals surface area contributed by atoms with Crippen LogP contribution in [0.5, 0.6) is 0 Å². The Morgan fingerprint density at radius 3 is 2.62 bits per heavy atom. The van der Waals surface area contributed by atoms with Gasteiger partial charge in [0.2, 0.25) is 0 Å². The summed E-state index contributed by atoms with van der Waals surface area (Å²) in [6.07, 6.45) is -4.08. The van der Waals surface area contributed by atoms with E-state index in [1.807, 2.05) is 0 Å². The summed E-state index contributed by atoms with van der Waals surface area (Å²) in [6, 6.07) is 5.58. The van der Waals surface area contributed by atoms with Gasteiger partial charge in [-0.1, -0.05) is 24.6 Å². The van der Waals surface area contributed by atoms with Crippen LogP contribution < -0.4 is 5.32 Å². The molecule has 2 aromatic rings. The van der Waals surface area contributed by atoms with E-state index < -0.39 is 33.2 Å². The van der Waals surface area contributed by atoms with Gasteiger partial charge in [0.15, 0.2) is 15.5 Å². The Labute approximate surface area is 152 Å². The molecule has 0 fully saturated rings. The standard InChI is InChI=1S/C15H15ClF3N3O3S/c1-2-26(24,25)7-6-20-14(23)12-9-21-22(13(12)15(17,18)19)11-5-3-4-10(16)8-11/h3-5,8-9H,2,6-7H2,1H3,(H,20,23). The van der Waals surface area contributed by atoms with Gasteiger partial charge in [0.05, 0.1) is 23.2 Å². The zero-order chi connectivity index (χ0) is 19.5. The molecule has 11 heteroatoms. The second-order valence-corrected chi connectivity index (χ2v) is 8.20. The quantitative estimate of drug-likeness (QED) is 0.795. The average molecular weight is 410 g/mol. The van der Waals surface area contributed by atoms with Crippen molar-refractivity contribution in [2.24, 2.45) is 0 Å². The van der Waals surface area contributed by atoms with Gasteiger partial charge in [-0.25, -0.2) is 13.1 Å². The molecule has 6 nitrogen and oxygen atoms in total. The molecule has 0 spiro atoms. The van der Waals surface area contributed by atoms with Crippen molar-refractivity contribution in [3.8, 4) is 5.69 Å². The molecule has 0 saturated heterocycles. The van der Waals surface area contributed by atoms with E-state index >= 15 is 0 Å². The molecule has 0 aliphatic carbocycles. The third kappa shape index (κ3) is 4.76. The van der Waals surface area contributed by atoms with Crippen LogP contribution in [0.4, 0.5) is 13.2 Å². The topological polar surface area (TPSA) is 81.1 Å². The van der Waals surface area contributed by atoms with E-state index in [2.05, 4.69) is 10.4 Å². The van der Waals surface area contributed by atoms with E-state index in [-0.39, 0.29) is 28.8 Å². The summed E-state index contributed by atoms with van der Waals surface area (Å²) >= 11 is 5.80. The first kappa shape index (κ1) is 20.2. The van der Waals surface area contributed by atoms with E-state index in [0.717, 1.165) is 6.20 Å². The van der Waals surface area contributed by atoms with Crippen LogP contribution in [0.1, 0.15) is 23.0 Å². The van der Waals surface area contributed by atoms with Crippen molar-refractivity contribution in [2.45, 2.75) is 13.1 Å². The molecule has 26 heavy (non-hydrogen) atoms. The highest BCUT2D eigenvalue weighted by atomic mass is 35.5. The number of aromatic nitrogens is 2. The lowest BCUT2D eigenvalue weighted by molar-refractivity contribution is -0.143. The Hall–Kier alpha value is -2.07. The first-order valence-corrected chi connectivity index (χ1v) is 9.65. The molecule has 0 saturated carbocycles. The van der Waals surface area contributed by atoms with Gasteiger partial charge >= 0.3 is 6.18 Å². The lowest BCUT2D eigenvalue weighted by atomic mass is 10.2. The third-order valence-corrected chi connectivity index (χ3v) is 5.41. The number of hydrogen-bond acceptors (Lipinski definition) is 4. The summed E-state index contributed by atoms with van der Waals surface area (Å²) in [5.74, 6) is -1.54. The number of benzene rings is 1. The van der Waals surface area contributed by atoms with Crippen molar-refractivity contribution >= 4 is 27.3 Å². The van der Waals surface area contributed by atoms with Crippen LogP contribution in [0.15, 0.2) is 30.5 Å². The van der Waals surface area contributed by atoms with Gasteiger partial charge in [-0.2, -0.15) is 18.3 Å². The number of nitrogens with one attached hydrogen (secondary N) is 1. The smallest absolute Gasteiger partial charge is 0.351 e. The highest BCUT2D eigenvalue weighted by molar-refractivity contribution is 7.91. The minimum Gasteiger partial charge on any atom is -0.351 e. The second-order valence-electron chi connectivity index (χ2n) is 5.29. The molecular weight excluding hydrogens is 395 g/mol. The van der Waals surface area contributed by atoms with Gasteiger partial charge in [-0.05, 0) is 18.2 Å². The average Bonchev–Trinajstić information content (AvgIpc) is 3.00. The molecule has 0 bridgehead atoms. The Bertz CT molecular complexity index is 910. The van der Waals surface area contributed by atoms with E-state index in [1.165, 1.54) is 31.2 Å². The van der Waals surface area contributed by atoms with Gasteiger partial charge < -0.3 is 5.32 Å². The second kappa shape index (κ2) is 7.67. The number of hydrogen-bond donors (Lipinski definition) is 1. The van der Waals surface area contributed by atoms with Gasteiger partial charge in [-0.15, -0.1) is 0 Å². The highest BCUT2D eigenvalue weighted by Gasteiger charge is 2.40. The predicted octanol–water partition coefficient (Wildman–Crippen LogP) is 2.71. The number of sulfone groups is 1. The summed E-state index contributed by atoms with van der Waals surface area (Å²) in [5, 5.41) is 6.04. The van der Waals surface area contributed by atoms with E-state index in [9.17, 15) is 26.4 Å². The van der Waals surface area contributed by atoms with Crippen molar-refractivity contribution < 1.29 is 26.4 Å². The third-order valence-electron chi connectivity index (χ3n) is 3.47.